The molecule has 1 heterocycles. The first-order chi connectivity index (χ1) is 6.40. The minimum absolute atomic E-state index is 0.462. The maximum atomic E-state index is 3.47. The summed E-state index contributed by atoms with van der Waals surface area (Å²) in [7, 11) is 0. The van der Waals surface area contributed by atoms with Gasteiger partial charge in [-0.25, -0.2) is 5.43 Å². The molecular weight excluding hydrogens is 228 g/mol. The second kappa shape index (κ2) is 4.22. The van der Waals surface area contributed by atoms with Crippen molar-refractivity contribution in [3.63, 3.8) is 0 Å². The Labute approximate surface area is 86.8 Å². The summed E-state index contributed by atoms with van der Waals surface area (Å²) in [6, 6.07) is 11.5. The van der Waals surface area contributed by atoms with Crippen molar-refractivity contribution >= 4 is 15.9 Å². The predicted octanol–water partition coefficient (Wildman–Crippen LogP) is 1.99. The zero-order valence-corrected chi connectivity index (χ0v) is 8.92. The standard InChI is InChI=1S/C10H13BrN2/c11-7-9-6-10(13-12-9)8-4-2-1-3-5-8/h1-5,9-10,12-13H,6-7H2. The molecular formula is C10H13BrN2. The second-order valence-corrected chi connectivity index (χ2v) is 3.99. The van der Waals surface area contributed by atoms with Crippen molar-refractivity contribution in [1.29, 1.82) is 0 Å². The first-order valence-corrected chi connectivity index (χ1v) is 5.64. The van der Waals surface area contributed by atoms with E-state index < -0.39 is 0 Å². The molecule has 2 atom stereocenters. The quantitative estimate of drug-likeness (QED) is 0.774. The zero-order chi connectivity index (χ0) is 9.10. The second-order valence-electron chi connectivity index (χ2n) is 3.34. The Morgan fingerprint density at radius 3 is 2.62 bits per heavy atom. The molecule has 0 saturated carbocycles. The summed E-state index contributed by atoms with van der Waals surface area (Å²) < 4.78 is 0. The van der Waals surface area contributed by atoms with Gasteiger partial charge < -0.3 is 0 Å². The molecule has 1 aromatic rings. The van der Waals surface area contributed by atoms with Crippen LogP contribution in [0.4, 0.5) is 0 Å². The summed E-state index contributed by atoms with van der Waals surface area (Å²) in [6.07, 6.45) is 1.15. The van der Waals surface area contributed by atoms with E-state index in [0.717, 1.165) is 11.8 Å². The monoisotopic (exact) mass is 240 g/mol. The molecule has 0 aliphatic carbocycles. The van der Waals surface area contributed by atoms with Gasteiger partial charge in [0.2, 0.25) is 0 Å². The van der Waals surface area contributed by atoms with Gasteiger partial charge in [-0.05, 0) is 12.0 Å². The first-order valence-electron chi connectivity index (χ1n) is 4.52. The summed E-state index contributed by atoms with van der Waals surface area (Å²) in [5, 5.41) is 1.00. The van der Waals surface area contributed by atoms with E-state index in [0.29, 0.717) is 12.1 Å². The van der Waals surface area contributed by atoms with Gasteiger partial charge >= 0.3 is 0 Å². The topological polar surface area (TPSA) is 24.1 Å². The molecule has 0 radical (unpaired) electrons. The minimum atomic E-state index is 0.462. The molecule has 1 aliphatic rings. The van der Waals surface area contributed by atoms with Gasteiger partial charge in [0.25, 0.3) is 0 Å². The van der Waals surface area contributed by atoms with Crippen molar-refractivity contribution in [2.45, 2.75) is 18.5 Å². The number of alkyl halides is 1. The molecule has 2 rings (SSSR count). The maximum Gasteiger partial charge on any atom is 0.0478 e. The van der Waals surface area contributed by atoms with Crippen LogP contribution in [0.5, 0.6) is 0 Å². The normalized spacial score (nSPS) is 27.8. The summed E-state index contributed by atoms with van der Waals surface area (Å²) in [4.78, 5) is 0. The van der Waals surface area contributed by atoms with Crippen LogP contribution in [0.2, 0.25) is 0 Å². The van der Waals surface area contributed by atoms with Crippen molar-refractivity contribution in [3.05, 3.63) is 35.9 Å². The average molecular weight is 241 g/mol. The third-order valence-corrected chi connectivity index (χ3v) is 3.15. The minimum Gasteiger partial charge on any atom is -0.253 e. The van der Waals surface area contributed by atoms with E-state index in [9.17, 15) is 0 Å². The lowest BCUT2D eigenvalue weighted by Crippen LogP contribution is -2.31. The van der Waals surface area contributed by atoms with Crippen LogP contribution in [-0.4, -0.2) is 11.4 Å². The molecule has 0 amide bonds. The smallest absolute Gasteiger partial charge is 0.0478 e. The Morgan fingerprint density at radius 1 is 1.23 bits per heavy atom. The molecule has 1 saturated heterocycles. The SMILES string of the molecule is BrCC1CC(c2ccccc2)NN1. The third kappa shape index (κ3) is 2.10. The highest BCUT2D eigenvalue weighted by molar-refractivity contribution is 9.09. The Hall–Kier alpha value is -0.380. The molecule has 2 nitrogen and oxygen atoms in total. The summed E-state index contributed by atoms with van der Waals surface area (Å²) in [6.45, 7) is 0. The molecule has 13 heavy (non-hydrogen) atoms. The fourth-order valence-corrected chi connectivity index (χ4v) is 2.05. The highest BCUT2D eigenvalue weighted by atomic mass is 79.9. The van der Waals surface area contributed by atoms with Crippen LogP contribution < -0.4 is 10.9 Å². The Balaban J connectivity index is 2.04. The molecule has 0 aromatic heterocycles. The van der Waals surface area contributed by atoms with Crippen molar-refractivity contribution in [1.82, 2.24) is 10.9 Å². The lowest BCUT2D eigenvalue weighted by molar-refractivity contribution is 0.563. The average Bonchev–Trinajstić information content (AvgIpc) is 2.67. The van der Waals surface area contributed by atoms with E-state index in [1.165, 1.54) is 5.56 Å². The largest absolute Gasteiger partial charge is 0.253 e. The molecule has 1 fully saturated rings. The van der Waals surface area contributed by atoms with E-state index in [4.69, 9.17) is 0 Å². The highest BCUT2D eigenvalue weighted by Crippen LogP contribution is 2.22. The Kier molecular flexibility index (Phi) is 2.98. The number of rotatable bonds is 2. The molecule has 0 spiro atoms. The molecule has 70 valence electrons. The van der Waals surface area contributed by atoms with Crippen LogP contribution in [0.15, 0.2) is 30.3 Å². The van der Waals surface area contributed by atoms with Gasteiger partial charge in [0.1, 0.15) is 0 Å². The van der Waals surface area contributed by atoms with Crippen molar-refractivity contribution in [3.8, 4) is 0 Å². The van der Waals surface area contributed by atoms with E-state index in [2.05, 4.69) is 51.0 Å². The van der Waals surface area contributed by atoms with E-state index in [1.807, 2.05) is 6.07 Å². The van der Waals surface area contributed by atoms with Gasteiger partial charge in [-0.2, -0.15) is 0 Å². The fraction of sp³-hybridized carbons (Fsp3) is 0.400. The van der Waals surface area contributed by atoms with Crippen LogP contribution in [0.25, 0.3) is 0 Å². The summed E-state index contributed by atoms with van der Waals surface area (Å²) in [5.41, 5.74) is 7.91. The lowest BCUT2D eigenvalue weighted by Gasteiger charge is -2.08. The number of hydrazine groups is 1. The molecule has 2 unspecified atom stereocenters. The van der Waals surface area contributed by atoms with Crippen LogP contribution in [0.3, 0.4) is 0 Å². The van der Waals surface area contributed by atoms with Crippen molar-refractivity contribution in [2.24, 2.45) is 0 Å². The van der Waals surface area contributed by atoms with Gasteiger partial charge in [0, 0.05) is 17.4 Å². The Bertz CT molecular complexity index is 263. The zero-order valence-electron chi connectivity index (χ0n) is 7.33. The van der Waals surface area contributed by atoms with Crippen LogP contribution >= 0.6 is 15.9 Å². The molecule has 1 aromatic carbocycles. The van der Waals surface area contributed by atoms with E-state index >= 15 is 0 Å². The lowest BCUT2D eigenvalue weighted by atomic mass is 10.0. The Morgan fingerprint density at radius 2 is 2.00 bits per heavy atom. The fourth-order valence-electron chi connectivity index (χ4n) is 1.63. The molecule has 2 N–H and O–H groups in total. The number of hydrogen-bond acceptors (Lipinski definition) is 2. The van der Waals surface area contributed by atoms with Crippen molar-refractivity contribution in [2.75, 3.05) is 5.33 Å². The first kappa shape index (κ1) is 9.19. The molecule has 3 heteroatoms. The molecule has 1 aliphatic heterocycles. The maximum absolute atomic E-state index is 3.47. The number of hydrogen-bond donors (Lipinski definition) is 2. The number of halogens is 1. The van der Waals surface area contributed by atoms with Crippen molar-refractivity contribution < 1.29 is 0 Å². The van der Waals surface area contributed by atoms with Crippen LogP contribution in [0, 0.1) is 0 Å². The van der Waals surface area contributed by atoms with Gasteiger partial charge in [-0.15, -0.1) is 0 Å². The van der Waals surface area contributed by atoms with E-state index in [-0.39, 0.29) is 0 Å². The van der Waals surface area contributed by atoms with E-state index in [1.54, 1.807) is 0 Å². The predicted molar refractivity (Wildman–Crippen MR) is 57.7 cm³/mol. The number of nitrogens with one attached hydrogen (secondary N) is 2. The van der Waals surface area contributed by atoms with Gasteiger partial charge in [-0.3, -0.25) is 5.43 Å². The highest BCUT2D eigenvalue weighted by Gasteiger charge is 2.23. The number of benzene rings is 1. The third-order valence-electron chi connectivity index (χ3n) is 2.37. The van der Waals surface area contributed by atoms with Crippen LogP contribution in [-0.2, 0) is 0 Å². The van der Waals surface area contributed by atoms with Gasteiger partial charge in [-0.1, -0.05) is 46.3 Å². The van der Waals surface area contributed by atoms with Gasteiger partial charge in [0.05, 0.1) is 0 Å². The summed E-state index contributed by atoms with van der Waals surface area (Å²) in [5.74, 6) is 0. The van der Waals surface area contributed by atoms with Crippen LogP contribution in [0.1, 0.15) is 18.0 Å². The molecule has 0 bridgehead atoms. The van der Waals surface area contributed by atoms with Gasteiger partial charge in [0.15, 0.2) is 0 Å². The summed E-state index contributed by atoms with van der Waals surface area (Å²) >= 11 is 3.47.